The Balaban J connectivity index is 2.24. The Morgan fingerprint density at radius 2 is 2.33 bits per heavy atom. The molecule has 1 aliphatic heterocycles. The summed E-state index contributed by atoms with van der Waals surface area (Å²) in [5.74, 6) is 5.42. The molecule has 0 bridgehead atoms. The van der Waals surface area contributed by atoms with Crippen LogP contribution in [0.3, 0.4) is 0 Å². The van der Waals surface area contributed by atoms with Crippen LogP contribution in [0.4, 0.5) is 0 Å². The first-order valence-corrected chi connectivity index (χ1v) is 8.21. The molecule has 0 aliphatic carbocycles. The molecule has 2 unspecified atom stereocenters. The van der Waals surface area contributed by atoms with Gasteiger partial charge < -0.3 is 10.8 Å². The molecule has 7 heteroatoms. The summed E-state index contributed by atoms with van der Waals surface area (Å²) in [6.07, 6.45) is 2.98. The molecule has 1 fully saturated rings. The first kappa shape index (κ1) is 15.9. The van der Waals surface area contributed by atoms with Crippen LogP contribution >= 0.6 is 0 Å². The summed E-state index contributed by atoms with van der Waals surface area (Å²) in [5, 5.41) is 9.58. The summed E-state index contributed by atoms with van der Waals surface area (Å²) in [7, 11) is -3.59. The van der Waals surface area contributed by atoms with Crippen molar-refractivity contribution in [3.05, 3.63) is 24.0 Å². The van der Waals surface area contributed by atoms with Crippen LogP contribution in [-0.4, -0.2) is 48.6 Å². The number of pyridine rings is 1. The van der Waals surface area contributed by atoms with Crippen LogP contribution in [0.5, 0.6) is 0 Å². The summed E-state index contributed by atoms with van der Waals surface area (Å²) in [6, 6.07) is 1.50. The number of hydrogen-bond donors (Lipinski definition) is 2. The van der Waals surface area contributed by atoms with Gasteiger partial charge in [0.25, 0.3) is 0 Å². The Bertz CT molecular complexity index is 662. The molecule has 0 spiro atoms. The van der Waals surface area contributed by atoms with E-state index in [0.717, 1.165) is 0 Å². The maximum Gasteiger partial charge on any atom is 0.244 e. The Labute approximate surface area is 125 Å². The van der Waals surface area contributed by atoms with Gasteiger partial charge in [-0.05, 0) is 25.3 Å². The van der Waals surface area contributed by atoms with Crippen molar-refractivity contribution in [3.63, 3.8) is 0 Å². The van der Waals surface area contributed by atoms with Crippen molar-refractivity contribution in [2.24, 2.45) is 11.7 Å². The summed E-state index contributed by atoms with van der Waals surface area (Å²) in [6.45, 7) is 2.64. The Morgan fingerprint density at radius 1 is 1.57 bits per heavy atom. The van der Waals surface area contributed by atoms with Gasteiger partial charge in [0.05, 0.1) is 12.6 Å². The fourth-order valence-electron chi connectivity index (χ4n) is 2.30. The number of aliphatic hydroxyl groups is 1. The van der Waals surface area contributed by atoms with Crippen molar-refractivity contribution < 1.29 is 13.5 Å². The van der Waals surface area contributed by atoms with Crippen LogP contribution in [0.1, 0.15) is 18.9 Å². The van der Waals surface area contributed by atoms with Gasteiger partial charge in [0.15, 0.2) is 0 Å². The van der Waals surface area contributed by atoms with Gasteiger partial charge in [-0.3, -0.25) is 4.98 Å². The number of nitrogens with zero attached hydrogens (tertiary/aromatic N) is 2. The molecule has 2 heterocycles. The van der Waals surface area contributed by atoms with E-state index in [2.05, 4.69) is 16.8 Å². The topological polar surface area (TPSA) is 96.5 Å². The van der Waals surface area contributed by atoms with Crippen molar-refractivity contribution in [1.82, 2.24) is 9.29 Å². The van der Waals surface area contributed by atoms with Gasteiger partial charge in [-0.25, -0.2) is 8.42 Å². The van der Waals surface area contributed by atoms with E-state index in [0.29, 0.717) is 25.1 Å². The predicted octanol–water partition coefficient (Wildman–Crippen LogP) is -0.217. The van der Waals surface area contributed by atoms with Gasteiger partial charge in [0.1, 0.15) is 4.90 Å². The predicted molar refractivity (Wildman–Crippen MR) is 78.7 cm³/mol. The molecule has 0 radical (unpaired) electrons. The highest BCUT2D eigenvalue weighted by Gasteiger charge is 2.34. The van der Waals surface area contributed by atoms with Crippen LogP contribution in [0, 0.1) is 17.8 Å². The highest BCUT2D eigenvalue weighted by atomic mass is 32.2. The fourth-order valence-corrected chi connectivity index (χ4v) is 3.80. The summed E-state index contributed by atoms with van der Waals surface area (Å²) in [5.41, 5.74) is 5.82. The normalized spacial score (nSPS) is 20.8. The molecule has 0 aromatic carbocycles. The number of sulfonamides is 1. The number of aromatic nitrogens is 1. The Kier molecular flexibility index (Phi) is 4.96. The maximum absolute atomic E-state index is 12.6. The number of rotatable bonds is 3. The van der Waals surface area contributed by atoms with Crippen molar-refractivity contribution in [3.8, 4) is 11.8 Å². The molecule has 0 saturated carbocycles. The van der Waals surface area contributed by atoms with Gasteiger partial charge in [0.2, 0.25) is 10.0 Å². The van der Waals surface area contributed by atoms with Gasteiger partial charge in [-0.1, -0.05) is 11.8 Å². The standard InChI is InChI=1S/C14H19N3O3S/c1-11(18)13-4-6-17(10-13)21(19,20)14-7-12(3-2-5-15)8-16-9-14/h7-9,11,13,18H,4-6,10,15H2,1H3. The molecule has 3 N–H and O–H groups in total. The average Bonchev–Trinajstić information content (AvgIpc) is 2.96. The maximum atomic E-state index is 12.6. The third kappa shape index (κ3) is 3.60. The van der Waals surface area contributed by atoms with Crippen LogP contribution in [0.2, 0.25) is 0 Å². The largest absolute Gasteiger partial charge is 0.393 e. The molecule has 1 aromatic rings. The Morgan fingerprint density at radius 3 is 2.95 bits per heavy atom. The molecule has 1 saturated heterocycles. The lowest BCUT2D eigenvalue weighted by molar-refractivity contribution is 0.133. The summed E-state index contributed by atoms with van der Waals surface area (Å²) < 4.78 is 26.5. The second-order valence-corrected chi connectivity index (χ2v) is 7.01. The van der Waals surface area contributed by atoms with Crippen molar-refractivity contribution >= 4 is 10.0 Å². The fraction of sp³-hybridized carbons (Fsp3) is 0.500. The zero-order valence-electron chi connectivity index (χ0n) is 11.9. The lowest BCUT2D eigenvalue weighted by atomic mass is 10.0. The highest BCUT2D eigenvalue weighted by molar-refractivity contribution is 7.89. The van der Waals surface area contributed by atoms with Crippen LogP contribution < -0.4 is 5.73 Å². The third-order valence-corrected chi connectivity index (χ3v) is 5.39. The first-order valence-electron chi connectivity index (χ1n) is 6.77. The molecular formula is C14H19N3O3S. The van der Waals surface area contributed by atoms with E-state index in [-0.39, 0.29) is 17.4 Å². The quantitative estimate of drug-likeness (QED) is 0.753. The molecule has 1 aliphatic rings. The van der Waals surface area contributed by atoms with E-state index in [1.807, 2.05) is 0 Å². The van der Waals surface area contributed by atoms with E-state index >= 15 is 0 Å². The van der Waals surface area contributed by atoms with E-state index in [1.54, 1.807) is 6.92 Å². The lowest BCUT2D eigenvalue weighted by Gasteiger charge is -2.17. The second kappa shape index (κ2) is 6.54. The van der Waals surface area contributed by atoms with E-state index < -0.39 is 16.1 Å². The van der Waals surface area contributed by atoms with Gasteiger partial charge in [0, 0.05) is 31.0 Å². The van der Waals surface area contributed by atoms with Crippen molar-refractivity contribution in [2.45, 2.75) is 24.3 Å². The van der Waals surface area contributed by atoms with Crippen molar-refractivity contribution in [1.29, 1.82) is 0 Å². The van der Waals surface area contributed by atoms with Gasteiger partial charge in [-0.2, -0.15) is 4.31 Å². The third-order valence-electron chi connectivity index (χ3n) is 3.56. The van der Waals surface area contributed by atoms with Crippen LogP contribution in [-0.2, 0) is 10.0 Å². The lowest BCUT2D eigenvalue weighted by Crippen LogP contribution is -2.30. The minimum Gasteiger partial charge on any atom is -0.393 e. The molecule has 6 nitrogen and oxygen atoms in total. The van der Waals surface area contributed by atoms with E-state index in [4.69, 9.17) is 5.73 Å². The van der Waals surface area contributed by atoms with Crippen LogP contribution in [0.25, 0.3) is 0 Å². The summed E-state index contributed by atoms with van der Waals surface area (Å²) in [4.78, 5) is 4.05. The van der Waals surface area contributed by atoms with E-state index in [9.17, 15) is 13.5 Å². The molecule has 0 amide bonds. The monoisotopic (exact) mass is 309 g/mol. The van der Waals surface area contributed by atoms with Gasteiger partial charge in [-0.15, -0.1) is 0 Å². The SMILES string of the molecule is CC(O)C1CCN(S(=O)(=O)c2cncc(C#CCN)c2)C1. The molecule has 114 valence electrons. The minimum atomic E-state index is -3.59. The molecule has 2 atom stereocenters. The number of nitrogens with two attached hydrogens (primary N) is 1. The minimum absolute atomic E-state index is 0.0204. The molecule has 21 heavy (non-hydrogen) atoms. The zero-order chi connectivity index (χ0) is 15.5. The Hall–Kier alpha value is -1.46. The first-order chi connectivity index (χ1) is 9.95. The smallest absolute Gasteiger partial charge is 0.244 e. The summed E-state index contributed by atoms with van der Waals surface area (Å²) >= 11 is 0. The van der Waals surface area contributed by atoms with Crippen molar-refractivity contribution in [2.75, 3.05) is 19.6 Å². The molecular weight excluding hydrogens is 290 g/mol. The van der Waals surface area contributed by atoms with E-state index in [1.165, 1.54) is 22.8 Å². The van der Waals surface area contributed by atoms with Crippen LogP contribution in [0.15, 0.2) is 23.4 Å². The molecule has 2 rings (SSSR count). The highest BCUT2D eigenvalue weighted by Crippen LogP contribution is 2.26. The number of hydrogen-bond acceptors (Lipinski definition) is 5. The average molecular weight is 309 g/mol. The molecule has 1 aromatic heterocycles. The second-order valence-electron chi connectivity index (χ2n) is 5.07. The zero-order valence-corrected chi connectivity index (χ0v) is 12.7. The van der Waals surface area contributed by atoms with Gasteiger partial charge >= 0.3 is 0 Å². The number of aliphatic hydroxyl groups excluding tert-OH is 1.